The minimum absolute atomic E-state index is 0.196. The van der Waals surface area contributed by atoms with Gasteiger partial charge in [0.25, 0.3) is 0 Å². The molecule has 1 saturated carbocycles. The van der Waals surface area contributed by atoms with E-state index >= 15 is 0 Å². The Morgan fingerprint density at radius 3 is 2.67 bits per heavy atom. The van der Waals surface area contributed by atoms with Crippen LogP contribution >= 0.6 is 0 Å². The fraction of sp³-hybridized carbons (Fsp3) is 0.909. The largest absolute Gasteiger partial charge is 0.356 e. The van der Waals surface area contributed by atoms with Gasteiger partial charge in [-0.05, 0) is 31.6 Å². The Labute approximate surface area is 89.9 Å². The fourth-order valence-electron chi connectivity index (χ4n) is 2.96. The third-order valence-electron chi connectivity index (χ3n) is 3.84. The molecular formula is C11H18N2O2. The summed E-state index contributed by atoms with van der Waals surface area (Å²) in [7, 11) is 0. The minimum atomic E-state index is 0.196. The van der Waals surface area contributed by atoms with Crippen LogP contribution in [0.5, 0.6) is 0 Å². The van der Waals surface area contributed by atoms with Crippen LogP contribution in [0.3, 0.4) is 0 Å². The highest BCUT2D eigenvalue weighted by Gasteiger charge is 2.36. The van der Waals surface area contributed by atoms with Crippen molar-refractivity contribution < 1.29 is 9.63 Å². The first-order chi connectivity index (χ1) is 7.31. The van der Waals surface area contributed by atoms with E-state index in [9.17, 15) is 4.79 Å². The molecule has 0 radical (unpaired) electrons. The van der Waals surface area contributed by atoms with E-state index in [0.717, 1.165) is 13.1 Å². The zero-order chi connectivity index (χ0) is 10.3. The number of carbonyl (C=O) groups excluding carboxylic acids is 1. The van der Waals surface area contributed by atoms with Crippen LogP contribution in [0.15, 0.2) is 0 Å². The first-order valence-electron chi connectivity index (χ1n) is 6.01. The van der Waals surface area contributed by atoms with Gasteiger partial charge in [-0.3, -0.25) is 9.63 Å². The summed E-state index contributed by atoms with van der Waals surface area (Å²) < 4.78 is 0. The molecule has 1 amide bonds. The molecule has 84 valence electrons. The maximum atomic E-state index is 11.1. The van der Waals surface area contributed by atoms with Crippen LogP contribution in [-0.2, 0) is 9.63 Å². The summed E-state index contributed by atoms with van der Waals surface area (Å²) in [6.45, 7) is 1.76. The SMILES string of the molecule is O=C1CC(CN2OC3CCC2CC3)CN1. The predicted octanol–water partition coefficient (Wildman–Crippen LogP) is 0.681. The fourth-order valence-corrected chi connectivity index (χ4v) is 2.96. The monoisotopic (exact) mass is 210 g/mol. The molecule has 2 bridgehead atoms. The highest BCUT2D eigenvalue weighted by atomic mass is 16.7. The van der Waals surface area contributed by atoms with Crippen molar-refractivity contribution in [1.82, 2.24) is 10.4 Å². The van der Waals surface area contributed by atoms with Gasteiger partial charge < -0.3 is 5.32 Å². The second-order valence-electron chi connectivity index (χ2n) is 5.01. The van der Waals surface area contributed by atoms with Gasteiger partial charge in [-0.15, -0.1) is 0 Å². The smallest absolute Gasteiger partial charge is 0.220 e. The third-order valence-corrected chi connectivity index (χ3v) is 3.84. The quantitative estimate of drug-likeness (QED) is 0.728. The summed E-state index contributed by atoms with van der Waals surface area (Å²) >= 11 is 0. The first kappa shape index (κ1) is 9.60. The number of carbonyl (C=O) groups is 1. The van der Waals surface area contributed by atoms with Crippen molar-refractivity contribution in [2.24, 2.45) is 5.92 Å². The molecule has 4 heteroatoms. The van der Waals surface area contributed by atoms with E-state index < -0.39 is 0 Å². The first-order valence-corrected chi connectivity index (χ1v) is 6.01. The number of nitrogens with zero attached hydrogens (tertiary/aromatic N) is 1. The molecule has 0 aromatic heterocycles. The van der Waals surface area contributed by atoms with Crippen LogP contribution in [0.1, 0.15) is 32.1 Å². The molecule has 4 rings (SSSR count). The topological polar surface area (TPSA) is 41.6 Å². The van der Waals surface area contributed by atoms with Crippen molar-refractivity contribution in [1.29, 1.82) is 0 Å². The number of fused-ring (bicyclic) bond motifs is 3. The van der Waals surface area contributed by atoms with Gasteiger partial charge in [0, 0.05) is 25.6 Å². The van der Waals surface area contributed by atoms with Crippen LogP contribution in [0, 0.1) is 5.92 Å². The Morgan fingerprint density at radius 1 is 1.33 bits per heavy atom. The molecule has 1 atom stereocenters. The second kappa shape index (κ2) is 3.76. The van der Waals surface area contributed by atoms with Crippen LogP contribution in [0.25, 0.3) is 0 Å². The lowest BCUT2D eigenvalue weighted by Crippen LogP contribution is -2.50. The van der Waals surface area contributed by atoms with Crippen molar-refractivity contribution in [3.8, 4) is 0 Å². The molecular weight excluding hydrogens is 192 g/mol. The Balaban J connectivity index is 1.57. The van der Waals surface area contributed by atoms with Gasteiger partial charge in [0.15, 0.2) is 0 Å². The Kier molecular flexibility index (Phi) is 2.41. The standard InChI is InChI=1S/C11H18N2O2/c14-11-5-8(6-12-11)7-13-9-1-3-10(15-13)4-2-9/h8-10H,1-7H2,(H,12,14). The van der Waals surface area contributed by atoms with Crippen LogP contribution in [0.2, 0.25) is 0 Å². The average Bonchev–Trinajstić information content (AvgIpc) is 2.66. The molecule has 15 heavy (non-hydrogen) atoms. The Hall–Kier alpha value is -0.610. The molecule has 3 saturated heterocycles. The predicted molar refractivity (Wildman–Crippen MR) is 55.0 cm³/mol. The molecule has 3 aliphatic heterocycles. The van der Waals surface area contributed by atoms with Crippen LogP contribution < -0.4 is 5.32 Å². The molecule has 0 spiro atoms. The molecule has 0 aromatic rings. The van der Waals surface area contributed by atoms with E-state index in [4.69, 9.17) is 4.84 Å². The molecule has 1 unspecified atom stereocenters. The van der Waals surface area contributed by atoms with E-state index in [0.29, 0.717) is 24.5 Å². The van der Waals surface area contributed by atoms with Crippen LogP contribution in [-0.4, -0.2) is 36.2 Å². The van der Waals surface area contributed by atoms with Gasteiger partial charge in [0.2, 0.25) is 5.91 Å². The van der Waals surface area contributed by atoms with Gasteiger partial charge in [0.1, 0.15) is 0 Å². The summed E-state index contributed by atoms with van der Waals surface area (Å²) in [5, 5.41) is 5.04. The molecule has 4 aliphatic rings. The molecule has 4 nitrogen and oxygen atoms in total. The minimum Gasteiger partial charge on any atom is -0.356 e. The highest BCUT2D eigenvalue weighted by molar-refractivity contribution is 5.78. The van der Waals surface area contributed by atoms with E-state index in [2.05, 4.69) is 10.4 Å². The highest BCUT2D eigenvalue weighted by Crippen LogP contribution is 2.33. The normalized spacial score (nSPS) is 40.8. The van der Waals surface area contributed by atoms with Gasteiger partial charge >= 0.3 is 0 Å². The van der Waals surface area contributed by atoms with Crippen molar-refractivity contribution in [2.75, 3.05) is 13.1 Å². The maximum Gasteiger partial charge on any atom is 0.220 e. The van der Waals surface area contributed by atoms with Crippen molar-refractivity contribution in [3.05, 3.63) is 0 Å². The maximum absolute atomic E-state index is 11.1. The third kappa shape index (κ3) is 1.88. The molecule has 3 heterocycles. The number of amides is 1. The average molecular weight is 210 g/mol. The number of hydroxylamine groups is 2. The summed E-state index contributed by atoms with van der Waals surface area (Å²) in [5.41, 5.74) is 0. The van der Waals surface area contributed by atoms with Gasteiger partial charge in [-0.2, -0.15) is 5.06 Å². The lowest BCUT2D eigenvalue weighted by molar-refractivity contribution is -0.279. The van der Waals surface area contributed by atoms with Crippen LogP contribution in [0.4, 0.5) is 0 Å². The van der Waals surface area contributed by atoms with Crippen molar-refractivity contribution in [2.45, 2.75) is 44.2 Å². The summed E-state index contributed by atoms with van der Waals surface area (Å²) in [6, 6.07) is 0.616. The summed E-state index contributed by atoms with van der Waals surface area (Å²) in [5.74, 6) is 0.652. The van der Waals surface area contributed by atoms with Crippen molar-refractivity contribution >= 4 is 5.91 Å². The van der Waals surface area contributed by atoms with E-state index in [1.807, 2.05) is 0 Å². The zero-order valence-corrected chi connectivity index (χ0v) is 8.95. The molecule has 1 N–H and O–H groups in total. The number of hydrogen-bond acceptors (Lipinski definition) is 3. The zero-order valence-electron chi connectivity index (χ0n) is 8.95. The lowest BCUT2D eigenvalue weighted by Gasteiger charge is -2.45. The number of nitrogens with one attached hydrogen (secondary N) is 1. The lowest BCUT2D eigenvalue weighted by atomic mass is 9.90. The van der Waals surface area contributed by atoms with E-state index in [1.54, 1.807) is 0 Å². The van der Waals surface area contributed by atoms with E-state index in [-0.39, 0.29) is 5.91 Å². The number of rotatable bonds is 2. The van der Waals surface area contributed by atoms with Gasteiger partial charge in [0.05, 0.1) is 6.10 Å². The summed E-state index contributed by atoms with van der Waals surface area (Å²) in [6.07, 6.45) is 6.14. The Morgan fingerprint density at radius 2 is 2.13 bits per heavy atom. The van der Waals surface area contributed by atoms with Gasteiger partial charge in [-0.25, -0.2) is 0 Å². The summed E-state index contributed by atoms with van der Waals surface area (Å²) in [4.78, 5) is 17.0. The molecule has 1 aliphatic carbocycles. The van der Waals surface area contributed by atoms with Gasteiger partial charge in [-0.1, -0.05) is 0 Å². The molecule has 4 fully saturated rings. The second-order valence-corrected chi connectivity index (χ2v) is 5.01. The van der Waals surface area contributed by atoms with Crippen molar-refractivity contribution in [3.63, 3.8) is 0 Å². The van der Waals surface area contributed by atoms with E-state index in [1.165, 1.54) is 25.7 Å². The Bertz CT molecular complexity index is 261. The number of hydrogen-bond donors (Lipinski definition) is 1. The molecule has 0 aromatic carbocycles.